The van der Waals surface area contributed by atoms with Crippen molar-refractivity contribution < 1.29 is 27.6 Å². The van der Waals surface area contributed by atoms with Crippen LogP contribution in [0, 0.1) is 11.8 Å². The third-order valence-corrected chi connectivity index (χ3v) is 5.56. The van der Waals surface area contributed by atoms with Crippen molar-refractivity contribution in [3.8, 4) is 0 Å². The number of nitrogens with zero attached hydrogens (tertiary/aromatic N) is 1. The normalized spacial score (nSPS) is 14.8. The molecule has 0 spiro atoms. The van der Waals surface area contributed by atoms with Crippen molar-refractivity contribution >= 4 is 29.1 Å². The minimum absolute atomic E-state index is 0.0932. The minimum Gasteiger partial charge on any atom is -0.339 e. The molecule has 1 saturated heterocycles. The molecule has 3 rings (SSSR count). The molecule has 0 atom stereocenters. The molecule has 3 amide bonds. The predicted molar refractivity (Wildman–Crippen MR) is 119 cm³/mol. The Hall–Kier alpha value is -3.36. The van der Waals surface area contributed by atoms with E-state index in [0.29, 0.717) is 37.3 Å². The van der Waals surface area contributed by atoms with Crippen LogP contribution in [-0.4, -0.2) is 35.7 Å². The standard InChI is InChI=1S/C24H26F3N3O3/c1-15(2)21(31)28-19-7-9-20(10-8-19)29-22(32)16-11-13-30(14-12-16)23(33)17-3-5-18(6-4-17)24(25,26)27/h3-10,15-16H,11-14H2,1-2H3,(H,28,31)(H,29,32). The van der Waals surface area contributed by atoms with E-state index >= 15 is 0 Å². The van der Waals surface area contributed by atoms with Crippen LogP contribution in [0.15, 0.2) is 48.5 Å². The zero-order valence-corrected chi connectivity index (χ0v) is 18.4. The van der Waals surface area contributed by atoms with Crippen LogP contribution in [0.3, 0.4) is 0 Å². The van der Waals surface area contributed by atoms with Crippen LogP contribution in [-0.2, 0) is 15.8 Å². The molecule has 1 aliphatic rings. The average Bonchev–Trinajstić information content (AvgIpc) is 2.79. The molecule has 0 bridgehead atoms. The second-order valence-corrected chi connectivity index (χ2v) is 8.35. The zero-order valence-electron chi connectivity index (χ0n) is 18.4. The Kier molecular flexibility index (Phi) is 7.40. The molecule has 1 fully saturated rings. The van der Waals surface area contributed by atoms with Crippen molar-refractivity contribution in [3.05, 3.63) is 59.7 Å². The fraction of sp³-hybridized carbons (Fsp3) is 0.375. The number of hydrogen-bond donors (Lipinski definition) is 2. The molecule has 6 nitrogen and oxygen atoms in total. The van der Waals surface area contributed by atoms with Crippen molar-refractivity contribution in [2.24, 2.45) is 11.8 Å². The van der Waals surface area contributed by atoms with Gasteiger partial charge < -0.3 is 15.5 Å². The maximum atomic E-state index is 12.7. The van der Waals surface area contributed by atoms with Crippen LogP contribution in [0.25, 0.3) is 0 Å². The first-order valence-corrected chi connectivity index (χ1v) is 10.7. The van der Waals surface area contributed by atoms with Gasteiger partial charge in [-0.3, -0.25) is 14.4 Å². The maximum absolute atomic E-state index is 12.7. The molecule has 2 aromatic carbocycles. The lowest BCUT2D eigenvalue weighted by atomic mass is 9.95. The number of nitrogens with one attached hydrogen (secondary N) is 2. The first-order valence-electron chi connectivity index (χ1n) is 10.7. The lowest BCUT2D eigenvalue weighted by Crippen LogP contribution is -2.41. The van der Waals surface area contributed by atoms with E-state index in [1.165, 1.54) is 12.1 Å². The highest BCUT2D eigenvalue weighted by molar-refractivity contribution is 5.96. The third kappa shape index (κ3) is 6.34. The number of anilines is 2. The van der Waals surface area contributed by atoms with Crippen molar-refractivity contribution in [2.45, 2.75) is 32.9 Å². The molecule has 0 radical (unpaired) electrons. The summed E-state index contributed by atoms with van der Waals surface area (Å²) in [6.07, 6.45) is -3.53. The Morgan fingerprint density at radius 3 is 1.88 bits per heavy atom. The van der Waals surface area contributed by atoms with Crippen molar-refractivity contribution in [1.29, 1.82) is 0 Å². The van der Waals surface area contributed by atoms with Gasteiger partial charge in [-0.25, -0.2) is 0 Å². The van der Waals surface area contributed by atoms with E-state index in [-0.39, 0.29) is 35.1 Å². The minimum atomic E-state index is -4.45. The molecule has 9 heteroatoms. The molecule has 2 aromatic rings. The summed E-state index contributed by atoms with van der Waals surface area (Å²) in [4.78, 5) is 38.5. The van der Waals surface area contributed by atoms with Gasteiger partial charge in [-0.15, -0.1) is 0 Å². The number of halogens is 3. The summed E-state index contributed by atoms with van der Waals surface area (Å²) in [5, 5.41) is 5.63. The highest BCUT2D eigenvalue weighted by Gasteiger charge is 2.31. The summed E-state index contributed by atoms with van der Waals surface area (Å²) in [5.74, 6) is -1.01. The summed E-state index contributed by atoms with van der Waals surface area (Å²) >= 11 is 0. The van der Waals surface area contributed by atoms with Crippen LogP contribution in [0.2, 0.25) is 0 Å². The summed E-state index contributed by atoms with van der Waals surface area (Å²) in [5.41, 5.74) is 0.632. The van der Waals surface area contributed by atoms with Crippen LogP contribution in [0.1, 0.15) is 42.6 Å². The predicted octanol–water partition coefficient (Wildman–Crippen LogP) is 4.79. The Morgan fingerprint density at radius 2 is 1.39 bits per heavy atom. The van der Waals surface area contributed by atoms with E-state index in [9.17, 15) is 27.6 Å². The maximum Gasteiger partial charge on any atom is 0.416 e. The van der Waals surface area contributed by atoms with Gasteiger partial charge in [0, 0.05) is 41.9 Å². The van der Waals surface area contributed by atoms with Gasteiger partial charge in [0.25, 0.3) is 5.91 Å². The van der Waals surface area contributed by atoms with E-state index < -0.39 is 11.7 Å². The van der Waals surface area contributed by atoms with Gasteiger partial charge in [0.1, 0.15) is 0 Å². The summed E-state index contributed by atoms with van der Waals surface area (Å²) in [6.45, 7) is 4.29. The number of benzene rings is 2. The number of amides is 3. The van der Waals surface area contributed by atoms with Crippen LogP contribution >= 0.6 is 0 Å². The Labute approximate surface area is 190 Å². The number of rotatable bonds is 5. The quantitative estimate of drug-likeness (QED) is 0.672. The van der Waals surface area contributed by atoms with Crippen molar-refractivity contribution in [3.63, 3.8) is 0 Å². The van der Waals surface area contributed by atoms with Gasteiger partial charge in [0.05, 0.1) is 5.56 Å². The average molecular weight is 461 g/mol. The Balaban J connectivity index is 1.50. The monoisotopic (exact) mass is 461 g/mol. The number of hydrogen-bond acceptors (Lipinski definition) is 3. The first-order chi connectivity index (χ1) is 15.5. The Bertz CT molecular complexity index is 994. The molecule has 176 valence electrons. The fourth-order valence-electron chi connectivity index (χ4n) is 3.50. The number of alkyl halides is 3. The summed E-state index contributed by atoms with van der Waals surface area (Å²) in [7, 11) is 0. The lowest BCUT2D eigenvalue weighted by Gasteiger charge is -2.31. The van der Waals surface area contributed by atoms with E-state index in [0.717, 1.165) is 12.1 Å². The second kappa shape index (κ2) is 10.1. The topological polar surface area (TPSA) is 78.5 Å². The summed E-state index contributed by atoms with van der Waals surface area (Å²) in [6, 6.07) is 11.0. The Morgan fingerprint density at radius 1 is 0.879 bits per heavy atom. The number of carbonyl (C=O) groups excluding carboxylic acids is 3. The van der Waals surface area contributed by atoms with Crippen LogP contribution in [0.4, 0.5) is 24.5 Å². The molecule has 1 aliphatic heterocycles. The molecule has 33 heavy (non-hydrogen) atoms. The molecular weight excluding hydrogens is 435 g/mol. The highest BCUT2D eigenvalue weighted by atomic mass is 19.4. The van der Waals surface area contributed by atoms with E-state index in [2.05, 4.69) is 10.6 Å². The number of carbonyl (C=O) groups is 3. The smallest absolute Gasteiger partial charge is 0.339 e. The van der Waals surface area contributed by atoms with Crippen LogP contribution < -0.4 is 10.6 Å². The molecule has 1 heterocycles. The van der Waals surface area contributed by atoms with Crippen LogP contribution in [0.5, 0.6) is 0 Å². The molecular formula is C24H26F3N3O3. The molecule has 0 saturated carbocycles. The molecule has 0 unspecified atom stereocenters. The molecule has 0 aliphatic carbocycles. The first kappa shape index (κ1) is 24.3. The van der Waals surface area contributed by atoms with Gasteiger partial charge in [0.2, 0.25) is 11.8 Å². The lowest BCUT2D eigenvalue weighted by molar-refractivity contribution is -0.137. The van der Waals surface area contributed by atoms with Crippen molar-refractivity contribution in [1.82, 2.24) is 4.90 Å². The number of likely N-dealkylation sites (tertiary alicyclic amines) is 1. The molecule has 2 N–H and O–H groups in total. The van der Waals surface area contributed by atoms with Crippen molar-refractivity contribution in [2.75, 3.05) is 23.7 Å². The number of piperidine rings is 1. The van der Waals surface area contributed by atoms with Gasteiger partial charge >= 0.3 is 6.18 Å². The van der Waals surface area contributed by atoms with E-state index in [1.807, 2.05) is 0 Å². The fourth-order valence-corrected chi connectivity index (χ4v) is 3.50. The third-order valence-electron chi connectivity index (χ3n) is 5.56. The van der Waals surface area contributed by atoms with E-state index in [1.54, 1.807) is 43.0 Å². The van der Waals surface area contributed by atoms with Gasteiger partial charge in [-0.05, 0) is 61.4 Å². The van der Waals surface area contributed by atoms with Gasteiger partial charge in [0.15, 0.2) is 0 Å². The zero-order chi connectivity index (χ0) is 24.2. The van der Waals surface area contributed by atoms with E-state index in [4.69, 9.17) is 0 Å². The second-order valence-electron chi connectivity index (χ2n) is 8.35. The van der Waals surface area contributed by atoms with Gasteiger partial charge in [-0.1, -0.05) is 13.8 Å². The largest absolute Gasteiger partial charge is 0.416 e. The van der Waals surface area contributed by atoms with Gasteiger partial charge in [-0.2, -0.15) is 13.2 Å². The summed E-state index contributed by atoms with van der Waals surface area (Å²) < 4.78 is 38.1. The SMILES string of the molecule is CC(C)C(=O)Nc1ccc(NC(=O)C2CCN(C(=O)c3ccc(C(F)(F)F)cc3)CC2)cc1. The molecule has 0 aromatic heterocycles. The highest BCUT2D eigenvalue weighted by Crippen LogP contribution is 2.29.